The highest BCUT2D eigenvalue weighted by Crippen LogP contribution is 2.20. The van der Waals surface area contributed by atoms with Crippen LogP contribution in [-0.4, -0.2) is 57.1 Å². The van der Waals surface area contributed by atoms with Gasteiger partial charge in [-0.3, -0.25) is 5.26 Å². The SMILES string of the molecule is CCCCOO.O=C1O[C@H]([C@H](O)CO)C(O)=C1O. The van der Waals surface area contributed by atoms with E-state index in [1.165, 1.54) is 0 Å². The van der Waals surface area contributed by atoms with E-state index in [0.29, 0.717) is 6.61 Å². The lowest BCUT2D eigenvalue weighted by Crippen LogP contribution is -2.31. The molecule has 18 heavy (non-hydrogen) atoms. The maximum absolute atomic E-state index is 10.5. The smallest absolute Gasteiger partial charge is 0.377 e. The first kappa shape index (κ1) is 16.6. The summed E-state index contributed by atoms with van der Waals surface area (Å²) in [6.45, 7) is 1.84. The van der Waals surface area contributed by atoms with Crippen LogP contribution in [0.25, 0.3) is 0 Å². The Morgan fingerprint density at radius 1 is 1.44 bits per heavy atom. The van der Waals surface area contributed by atoms with Crippen molar-refractivity contribution in [2.24, 2.45) is 0 Å². The Morgan fingerprint density at radius 3 is 2.33 bits per heavy atom. The van der Waals surface area contributed by atoms with Gasteiger partial charge in [-0.1, -0.05) is 13.3 Å². The molecule has 0 saturated carbocycles. The summed E-state index contributed by atoms with van der Waals surface area (Å²) in [5.74, 6) is -2.78. The van der Waals surface area contributed by atoms with Crippen molar-refractivity contribution in [1.82, 2.24) is 0 Å². The van der Waals surface area contributed by atoms with Gasteiger partial charge in [-0.25, -0.2) is 9.68 Å². The summed E-state index contributed by atoms with van der Waals surface area (Å²) in [5.41, 5.74) is 0. The van der Waals surface area contributed by atoms with Gasteiger partial charge < -0.3 is 25.2 Å². The highest BCUT2D eigenvalue weighted by atomic mass is 17.1. The van der Waals surface area contributed by atoms with Crippen LogP contribution in [0.2, 0.25) is 0 Å². The quantitative estimate of drug-likeness (QED) is 0.201. The van der Waals surface area contributed by atoms with Gasteiger partial charge in [0.15, 0.2) is 11.9 Å². The van der Waals surface area contributed by atoms with Crippen LogP contribution in [0.3, 0.4) is 0 Å². The zero-order valence-corrected chi connectivity index (χ0v) is 9.94. The highest BCUT2D eigenvalue weighted by Gasteiger charge is 2.38. The molecule has 2 atom stereocenters. The summed E-state index contributed by atoms with van der Waals surface area (Å²) in [6.07, 6.45) is -0.766. The molecule has 1 aliphatic rings. The monoisotopic (exact) mass is 266 g/mol. The molecule has 5 N–H and O–H groups in total. The lowest BCUT2D eigenvalue weighted by Gasteiger charge is -2.13. The molecule has 0 bridgehead atoms. The topological polar surface area (TPSA) is 137 Å². The first-order valence-corrected chi connectivity index (χ1v) is 5.37. The zero-order valence-electron chi connectivity index (χ0n) is 9.94. The molecule has 0 radical (unpaired) electrons. The molecule has 8 heteroatoms. The Labute approximate surface area is 104 Å². The van der Waals surface area contributed by atoms with Crippen LogP contribution < -0.4 is 0 Å². The fourth-order valence-electron chi connectivity index (χ4n) is 1.03. The number of esters is 1. The van der Waals surface area contributed by atoms with Crippen molar-refractivity contribution in [2.45, 2.75) is 32.0 Å². The fraction of sp³-hybridized carbons (Fsp3) is 0.700. The Kier molecular flexibility index (Phi) is 8.05. The number of aliphatic hydroxyl groups excluding tert-OH is 4. The van der Waals surface area contributed by atoms with E-state index >= 15 is 0 Å². The number of aliphatic hydroxyl groups is 4. The van der Waals surface area contributed by atoms with Gasteiger partial charge in [-0.05, 0) is 6.42 Å². The van der Waals surface area contributed by atoms with Gasteiger partial charge in [0.2, 0.25) is 5.76 Å². The van der Waals surface area contributed by atoms with Gasteiger partial charge >= 0.3 is 5.97 Å². The number of rotatable bonds is 5. The average Bonchev–Trinajstić information content (AvgIpc) is 2.64. The first-order valence-electron chi connectivity index (χ1n) is 5.37. The maximum atomic E-state index is 10.5. The van der Waals surface area contributed by atoms with E-state index < -0.39 is 36.3 Å². The number of carbonyl (C=O) groups excluding carboxylic acids is 1. The summed E-state index contributed by atoms with van der Waals surface area (Å²) in [5, 5.41) is 42.7. The number of hydrogen-bond acceptors (Lipinski definition) is 8. The van der Waals surface area contributed by atoms with Crippen LogP contribution in [0, 0.1) is 0 Å². The minimum atomic E-state index is -1.42. The van der Waals surface area contributed by atoms with Gasteiger partial charge in [-0.2, -0.15) is 0 Å². The second-order valence-corrected chi connectivity index (χ2v) is 3.50. The number of ether oxygens (including phenoxy) is 1. The largest absolute Gasteiger partial charge is 0.505 e. The van der Waals surface area contributed by atoms with Crippen LogP contribution in [0.5, 0.6) is 0 Å². The van der Waals surface area contributed by atoms with E-state index in [1.807, 2.05) is 6.92 Å². The summed E-state index contributed by atoms with van der Waals surface area (Å²) in [7, 11) is 0. The van der Waals surface area contributed by atoms with E-state index in [-0.39, 0.29) is 0 Å². The van der Waals surface area contributed by atoms with E-state index in [1.54, 1.807) is 0 Å². The molecule has 0 aromatic rings. The Hall–Kier alpha value is -1.35. The van der Waals surface area contributed by atoms with Crippen molar-refractivity contribution in [3.63, 3.8) is 0 Å². The molecule has 1 heterocycles. The average molecular weight is 266 g/mol. The molecule has 0 aromatic carbocycles. The summed E-state index contributed by atoms with van der Waals surface area (Å²) in [4.78, 5) is 14.3. The van der Waals surface area contributed by atoms with Crippen molar-refractivity contribution in [3.05, 3.63) is 11.5 Å². The third-order valence-electron chi connectivity index (χ3n) is 2.07. The molecular formula is C10H18O8. The predicted octanol–water partition coefficient (Wildman–Crippen LogP) is -0.131. The Morgan fingerprint density at radius 2 is 2.06 bits per heavy atom. The van der Waals surface area contributed by atoms with Crippen molar-refractivity contribution >= 4 is 5.97 Å². The van der Waals surface area contributed by atoms with E-state index in [0.717, 1.165) is 12.8 Å². The lowest BCUT2D eigenvalue weighted by atomic mass is 10.2. The van der Waals surface area contributed by atoms with Gasteiger partial charge in [0.05, 0.1) is 13.2 Å². The number of carbonyl (C=O) groups is 1. The fourth-order valence-corrected chi connectivity index (χ4v) is 1.03. The van der Waals surface area contributed by atoms with Crippen LogP contribution in [0.4, 0.5) is 0 Å². The van der Waals surface area contributed by atoms with Crippen LogP contribution in [-0.2, 0) is 14.4 Å². The highest BCUT2D eigenvalue weighted by molar-refractivity contribution is 5.89. The van der Waals surface area contributed by atoms with Crippen LogP contribution in [0.15, 0.2) is 11.5 Å². The number of unbranched alkanes of at least 4 members (excludes halogenated alkanes) is 1. The molecule has 0 aromatic heterocycles. The van der Waals surface area contributed by atoms with E-state index in [2.05, 4.69) is 9.62 Å². The Bertz CT molecular complexity index is 284. The first-order chi connectivity index (χ1) is 8.49. The number of cyclic esters (lactones) is 1. The standard InChI is InChI=1S/C6H8O6.C4H10O2/c7-1-2(8)5-3(9)4(10)6(11)12-5;1-2-3-4-6-5/h2,5,7-10H,1H2;5H,2-4H2,1H3/t2-,5-;/m1./s1. The molecule has 0 fully saturated rings. The molecule has 0 saturated heterocycles. The molecule has 106 valence electrons. The molecule has 1 aliphatic heterocycles. The zero-order chi connectivity index (χ0) is 14.1. The third kappa shape index (κ3) is 4.88. The van der Waals surface area contributed by atoms with Crippen LogP contribution in [0.1, 0.15) is 19.8 Å². The minimum Gasteiger partial charge on any atom is -0.505 e. The van der Waals surface area contributed by atoms with Gasteiger partial charge in [-0.15, -0.1) is 0 Å². The second-order valence-electron chi connectivity index (χ2n) is 3.50. The van der Waals surface area contributed by atoms with Crippen molar-refractivity contribution in [1.29, 1.82) is 0 Å². The molecule has 0 spiro atoms. The van der Waals surface area contributed by atoms with Gasteiger partial charge in [0, 0.05) is 0 Å². The molecule has 0 aliphatic carbocycles. The third-order valence-corrected chi connectivity index (χ3v) is 2.07. The van der Waals surface area contributed by atoms with Crippen LogP contribution >= 0.6 is 0 Å². The lowest BCUT2D eigenvalue weighted by molar-refractivity contribution is -0.242. The van der Waals surface area contributed by atoms with Crippen molar-refractivity contribution in [3.8, 4) is 0 Å². The van der Waals surface area contributed by atoms with Gasteiger partial charge in [0.1, 0.15) is 6.10 Å². The number of hydrogen-bond donors (Lipinski definition) is 5. The maximum Gasteiger partial charge on any atom is 0.377 e. The summed E-state index contributed by atoms with van der Waals surface area (Å²) in [6, 6.07) is 0. The molecule has 1 rings (SSSR count). The van der Waals surface area contributed by atoms with E-state index in [9.17, 15) is 4.79 Å². The Balaban J connectivity index is 0.000000411. The molecule has 8 nitrogen and oxygen atoms in total. The molecular weight excluding hydrogens is 248 g/mol. The van der Waals surface area contributed by atoms with Crippen molar-refractivity contribution < 1.29 is 40.1 Å². The predicted molar refractivity (Wildman–Crippen MR) is 58.7 cm³/mol. The molecule has 0 unspecified atom stereocenters. The van der Waals surface area contributed by atoms with Crippen molar-refractivity contribution in [2.75, 3.05) is 13.2 Å². The second kappa shape index (κ2) is 8.70. The minimum absolute atomic E-state index is 0.469. The molecule has 0 amide bonds. The summed E-state index contributed by atoms with van der Waals surface area (Å²) >= 11 is 0. The normalized spacial score (nSPS) is 20.2. The summed E-state index contributed by atoms with van der Waals surface area (Å²) < 4.78 is 4.32. The van der Waals surface area contributed by atoms with Gasteiger partial charge in [0.25, 0.3) is 0 Å². The van der Waals surface area contributed by atoms with E-state index in [4.69, 9.17) is 25.7 Å².